The number of rotatable bonds is 37. The van der Waals surface area contributed by atoms with Crippen molar-refractivity contribution in [3.05, 3.63) is 38.0 Å². The topological polar surface area (TPSA) is 465 Å². The van der Waals surface area contributed by atoms with Crippen LogP contribution in [0.5, 0.6) is 0 Å². The summed E-state index contributed by atoms with van der Waals surface area (Å²) in [7, 11) is -13.1. The molecule has 0 fully saturated rings. The number of aromatic nitrogens is 12. The second-order valence-electron chi connectivity index (χ2n) is 20.2. The lowest BCUT2D eigenvalue weighted by atomic mass is 10.4. The molecule has 6 heterocycles. The summed E-state index contributed by atoms with van der Waals surface area (Å²) in [5.74, 6) is 0.470. The van der Waals surface area contributed by atoms with Crippen LogP contribution in [0, 0.1) is 0 Å². The van der Waals surface area contributed by atoms with Gasteiger partial charge in [0.15, 0.2) is 57.2 Å². The lowest BCUT2D eigenvalue weighted by molar-refractivity contribution is -0.0371. The minimum atomic E-state index is -4.40. The molecule has 498 valence electrons. The van der Waals surface area contributed by atoms with Gasteiger partial charge in [-0.2, -0.15) is 0 Å². The second-order valence-corrected chi connectivity index (χ2v) is 25.8. The zero-order valence-electron chi connectivity index (χ0n) is 50.7. The number of hydrogen-bond acceptors (Lipinski definition) is 34. The summed E-state index contributed by atoms with van der Waals surface area (Å²) in [6, 6.07) is 0. The SMILES string of the molecule is CC(C)OC(=O)OCOP(=O)(O)CO[C@H](C)Cn1cnc2c(NC(Nc3ncnc4c3ncn4C[C@@H](C)OCP(=O)(O)OCOC(=O)OC(C)C)Nc3ncnc4c3ncn4C[C@@H](C)OCP(=O)(OCOC(=O)OC(C)C)OCOC(=O)OC(C)C)ncnc21. The maximum Gasteiger partial charge on any atom is 0.510 e. The monoisotopic (exact) mass is 1340 g/mol. The summed E-state index contributed by atoms with van der Waals surface area (Å²) in [5, 5.41) is 9.80. The van der Waals surface area contributed by atoms with Crippen LogP contribution in [0.15, 0.2) is 38.0 Å². The van der Waals surface area contributed by atoms with Crippen molar-refractivity contribution in [2.24, 2.45) is 0 Å². The van der Waals surface area contributed by atoms with Crippen molar-refractivity contribution in [1.82, 2.24) is 58.6 Å². The van der Waals surface area contributed by atoms with Gasteiger partial charge in [0, 0.05) is 0 Å². The zero-order valence-corrected chi connectivity index (χ0v) is 53.4. The van der Waals surface area contributed by atoms with Gasteiger partial charge in [-0.3, -0.25) is 31.8 Å². The molecule has 6 rings (SSSR count). The zero-order chi connectivity index (χ0) is 65.8. The van der Waals surface area contributed by atoms with Gasteiger partial charge in [-0.05, 0) is 76.2 Å². The number of carbonyl (C=O) groups excluding carboxylic acids is 4. The summed E-state index contributed by atoms with van der Waals surface area (Å²) in [5.41, 5.74) is 1.63. The normalized spacial score (nSPS) is 14.6. The van der Waals surface area contributed by atoms with Crippen LogP contribution in [0.25, 0.3) is 33.5 Å². The van der Waals surface area contributed by atoms with E-state index in [-0.39, 0.29) is 59.3 Å². The third kappa shape index (κ3) is 23.4. The molecule has 6 aromatic rings. The first kappa shape index (κ1) is 71.5. The van der Waals surface area contributed by atoms with Gasteiger partial charge in [0.2, 0.25) is 27.2 Å². The first-order valence-electron chi connectivity index (χ1n) is 27.3. The highest BCUT2D eigenvalue weighted by atomic mass is 31.2. The number of fused-ring (bicyclic) bond motifs is 3. The first-order chi connectivity index (χ1) is 42.6. The number of anilines is 3. The average molecular weight is 1340 g/mol. The number of nitrogens with one attached hydrogen (secondary N) is 3. The standard InChI is InChI=1S/C48H72N15O24P3/c1-28(2)84-45(64)73-21-80-88(68,69)25-77-32(9)12-61-18-55-35-38(49-15-52-41(35)61)58-44(59-39-36-42(53-16-50-39)62(19-56-36)13-33(10)78-26-89(70,71)81-22-74-46(65)85-29(3)4)60-40-37-43(54-17-51-40)63(20-57-37)14-34(11)79-27-90(72,82-23-75-47(66)86-30(5)6)83-24-76-48(67)87-31(7)8/h15-20,28-34,44H,12-14,21-27H2,1-11H3,(H,68,69)(H,70,71)(H,49,52,58)(H,50,53,59)(H,51,54,60)/t32-,33-,34-/m1/s1. The summed E-state index contributed by atoms with van der Waals surface area (Å²) in [6.45, 7) is 14.4. The predicted octanol–water partition coefficient (Wildman–Crippen LogP) is 6.82. The molecule has 0 aliphatic carbocycles. The third-order valence-corrected chi connectivity index (χ3v) is 14.4. The van der Waals surface area contributed by atoms with Crippen molar-refractivity contribution < 1.29 is 113 Å². The van der Waals surface area contributed by atoms with E-state index in [0.29, 0.717) is 11.3 Å². The third-order valence-electron chi connectivity index (χ3n) is 11.0. The van der Waals surface area contributed by atoms with Gasteiger partial charge in [-0.15, -0.1) is 0 Å². The van der Waals surface area contributed by atoms with Crippen molar-refractivity contribution in [3.63, 3.8) is 0 Å². The Bertz CT molecular complexity index is 3310. The van der Waals surface area contributed by atoms with E-state index in [2.05, 4.69) is 70.3 Å². The Morgan fingerprint density at radius 1 is 0.422 bits per heavy atom. The highest BCUT2D eigenvalue weighted by molar-refractivity contribution is 7.53. The number of nitrogens with zero attached hydrogens (tertiary/aromatic N) is 12. The quantitative estimate of drug-likeness (QED) is 0.0115. The van der Waals surface area contributed by atoms with E-state index < -0.39 is 143 Å². The van der Waals surface area contributed by atoms with Crippen molar-refractivity contribution in [3.8, 4) is 0 Å². The van der Waals surface area contributed by atoms with Crippen molar-refractivity contribution in [2.45, 2.75) is 145 Å². The molecule has 42 heteroatoms. The maximum atomic E-state index is 13.8. The Morgan fingerprint density at radius 3 is 0.989 bits per heavy atom. The summed E-state index contributed by atoms with van der Waals surface area (Å²) in [6.07, 6.45) is -3.84. The maximum absolute atomic E-state index is 13.8. The van der Waals surface area contributed by atoms with Crippen LogP contribution in [0.3, 0.4) is 0 Å². The molecule has 0 aliphatic rings. The van der Waals surface area contributed by atoms with Gasteiger partial charge in [0.1, 0.15) is 38.0 Å². The van der Waals surface area contributed by atoms with E-state index in [1.807, 2.05) is 0 Å². The van der Waals surface area contributed by atoms with E-state index in [1.54, 1.807) is 89.9 Å². The largest absolute Gasteiger partial charge is 0.510 e. The minimum absolute atomic E-state index is 0.0367. The molecule has 0 saturated heterocycles. The molecule has 90 heavy (non-hydrogen) atoms. The molecule has 0 spiro atoms. The van der Waals surface area contributed by atoms with E-state index in [0.717, 1.165) is 0 Å². The van der Waals surface area contributed by atoms with Crippen LogP contribution < -0.4 is 16.0 Å². The Morgan fingerprint density at radius 2 is 0.700 bits per heavy atom. The number of hydrogen-bond donors (Lipinski definition) is 5. The molecule has 0 aliphatic heterocycles. The summed E-state index contributed by atoms with van der Waals surface area (Å²) < 4.78 is 120. The van der Waals surface area contributed by atoms with Gasteiger partial charge >= 0.3 is 47.4 Å². The van der Waals surface area contributed by atoms with Gasteiger partial charge in [0.05, 0.1) is 81.3 Å². The van der Waals surface area contributed by atoms with Gasteiger partial charge in [-0.1, -0.05) is 0 Å². The van der Waals surface area contributed by atoms with Gasteiger partial charge in [-0.25, -0.2) is 64.0 Å². The Hall–Kier alpha value is -7.54. The van der Waals surface area contributed by atoms with E-state index >= 15 is 0 Å². The highest BCUT2D eigenvalue weighted by Gasteiger charge is 2.31. The van der Waals surface area contributed by atoms with Crippen LogP contribution in [0.2, 0.25) is 0 Å². The summed E-state index contributed by atoms with van der Waals surface area (Å²) >= 11 is 0. The number of imidazole rings is 3. The van der Waals surface area contributed by atoms with Crippen LogP contribution in [0.4, 0.5) is 36.6 Å². The van der Waals surface area contributed by atoms with Gasteiger partial charge < -0.3 is 91.5 Å². The van der Waals surface area contributed by atoms with Crippen LogP contribution >= 0.6 is 22.8 Å². The molecule has 0 bridgehead atoms. The molecule has 5 atom stereocenters. The molecule has 39 nitrogen and oxygen atoms in total. The molecule has 0 saturated carbocycles. The molecule has 0 amide bonds. The fourth-order valence-corrected chi connectivity index (χ4v) is 9.80. The van der Waals surface area contributed by atoms with E-state index in [1.165, 1.54) is 38.0 Å². The first-order valence-corrected chi connectivity index (χ1v) is 32.6. The fourth-order valence-electron chi connectivity index (χ4n) is 7.24. The number of carbonyl (C=O) groups is 4. The van der Waals surface area contributed by atoms with Gasteiger partial charge in [0.25, 0.3) is 0 Å². The highest BCUT2D eigenvalue weighted by Crippen LogP contribution is 2.48. The number of ether oxygens (including phenoxy) is 11. The Kier molecular flexibility index (Phi) is 26.6. The molecular formula is C48H72N15O24P3. The molecule has 6 aromatic heterocycles. The average Bonchev–Trinajstić information content (AvgIpc) is 1.68. The molecular weight excluding hydrogens is 1260 g/mol. The summed E-state index contributed by atoms with van der Waals surface area (Å²) in [4.78, 5) is 108. The van der Waals surface area contributed by atoms with E-state index in [4.69, 9.17) is 60.7 Å². The van der Waals surface area contributed by atoms with Crippen LogP contribution in [-0.2, 0) is 104 Å². The van der Waals surface area contributed by atoms with Crippen LogP contribution in [-0.4, -0.2) is 188 Å². The van der Waals surface area contributed by atoms with Crippen molar-refractivity contribution in [1.29, 1.82) is 0 Å². The van der Waals surface area contributed by atoms with Crippen LogP contribution in [0.1, 0.15) is 76.2 Å². The molecule has 2 unspecified atom stereocenters. The van der Waals surface area contributed by atoms with Crippen molar-refractivity contribution in [2.75, 3.05) is 62.2 Å². The Labute approximate surface area is 513 Å². The fraction of sp³-hybridized carbons (Fsp3) is 0.604. The van der Waals surface area contributed by atoms with Crippen molar-refractivity contribution >= 4 is 98.4 Å². The molecule has 0 aromatic carbocycles. The smallest absolute Gasteiger partial charge is 0.432 e. The molecule has 0 radical (unpaired) electrons. The lowest BCUT2D eigenvalue weighted by Crippen LogP contribution is -2.38. The Balaban J connectivity index is 1.21. The predicted molar refractivity (Wildman–Crippen MR) is 309 cm³/mol. The second kappa shape index (κ2) is 33.5. The molecule has 5 N–H and O–H groups in total. The van der Waals surface area contributed by atoms with E-state index in [9.17, 15) is 42.7 Å². The lowest BCUT2D eigenvalue weighted by Gasteiger charge is -2.23. The minimum Gasteiger partial charge on any atom is -0.432 e.